The molecule has 1 N–H and O–H groups in total. The number of carbonyl (C=O) groups is 2. The fourth-order valence-corrected chi connectivity index (χ4v) is 4.39. The molecular formula is C26H31NO3S. The predicted molar refractivity (Wildman–Crippen MR) is 128 cm³/mol. The highest BCUT2D eigenvalue weighted by Crippen LogP contribution is 2.41. The van der Waals surface area contributed by atoms with Gasteiger partial charge in [0.05, 0.1) is 11.4 Å². The number of benzene rings is 2. The van der Waals surface area contributed by atoms with Gasteiger partial charge in [-0.05, 0) is 58.9 Å². The highest BCUT2D eigenvalue weighted by Gasteiger charge is 2.35. The van der Waals surface area contributed by atoms with Gasteiger partial charge in [0.2, 0.25) is 0 Å². The van der Waals surface area contributed by atoms with Crippen molar-refractivity contribution in [1.82, 2.24) is 4.90 Å². The molecule has 0 aliphatic carbocycles. The van der Waals surface area contributed by atoms with Crippen molar-refractivity contribution in [1.29, 1.82) is 0 Å². The van der Waals surface area contributed by atoms with Gasteiger partial charge in [0.25, 0.3) is 11.1 Å². The third-order valence-corrected chi connectivity index (χ3v) is 6.29. The SMILES string of the molecule is Cc1ccc(CN2C(=O)S/C(=C\c3cc(C(C)(C)C)c(O)c(C(C)(C)C)c3)C2=O)cc1. The van der Waals surface area contributed by atoms with Crippen LogP contribution < -0.4 is 0 Å². The molecule has 1 aliphatic heterocycles. The Bertz CT molecular complexity index is 1020. The highest BCUT2D eigenvalue weighted by atomic mass is 32.2. The lowest BCUT2D eigenvalue weighted by atomic mass is 9.78. The molecule has 2 aromatic carbocycles. The van der Waals surface area contributed by atoms with Gasteiger partial charge in [-0.1, -0.05) is 71.4 Å². The molecule has 1 heterocycles. The summed E-state index contributed by atoms with van der Waals surface area (Å²) in [7, 11) is 0. The van der Waals surface area contributed by atoms with Crippen LogP contribution in [-0.2, 0) is 22.2 Å². The van der Waals surface area contributed by atoms with Crippen LogP contribution >= 0.6 is 11.8 Å². The molecule has 164 valence electrons. The Balaban J connectivity index is 1.98. The number of hydrogen-bond acceptors (Lipinski definition) is 4. The maximum absolute atomic E-state index is 13.0. The molecular weight excluding hydrogens is 406 g/mol. The van der Waals surface area contributed by atoms with Crippen LogP contribution in [0.3, 0.4) is 0 Å². The smallest absolute Gasteiger partial charge is 0.293 e. The molecule has 0 unspecified atom stereocenters. The van der Waals surface area contributed by atoms with Crippen molar-refractivity contribution in [2.24, 2.45) is 0 Å². The lowest BCUT2D eigenvalue weighted by molar-refractivity contribution is -0.123. The van der Waals surface area contributed by atoms with Gasteiger partial charge < -0.3 is 5.11 Å². The molecule has 4 nitrogen and oxygen atoms in total. The Labute approximate surface area is 189 Å². The van der Waals surface area contributed by atoms with Crippen molar-refractivity contribution in [3.8, 4) is 5.75 Å². The normalized spacial score (nSPS) is 16.5. The largest absolute Gasteiger partial charge is 0.507 e. The summed E-state index contributed by atoms with van der Waals surface area (Å²) in [6, 6.07) is 11.7. The van der Waals surface area contributed by atoms with E-state index in [0.717, 1.165) is 39.6 Å². The number of hydrogen-bond donors (Lipinski definition) is 1. The number of nitrogens with zero attached hydrogens (tertiary/aromatic N) is 1. The number of aromatic hydroxyl groups is 1. The van der Waals surface area contributed by atoms with Crippen LogP contribution in [0, 0.1) is 6.92 Å². The number of imide groups is 1. The predicted octanol–water partition coefficient (Wildman–Crippen LogP) is 6.53. The fraction of sp³-hybridized carbons (Fsp3) is 0.385. The zero-order valence-electron chi connectivity index (χ0n) is 19.4. The first-order valence-corrected chi connectivity index (χ1v) is 11.3. The van der Waals surface area contributed by atoms with E-state index in [1.54, 1.807) is 6.08 Å². The van der Waals surface area contributed by atoms with E-state index in [0.29, 0.717) is 10.7 Å². The molecule has 0 saturated carbocycles. The maximum atomic E-state index is 13.0. The topological polar surface area (TPSA) is 57.6 Å². The molecule has 0 radical (unpaired) electrons. The lowest BCUT2D eigenvalue weighted by Gasteiger charge is -2.28. The average molecular weight is 438 g/mol. The number of phenols is 1. The third-order valence-electron chi connectivity index (χ3n) is 5.38. The van der Waals surface area contributed by atoms with Gasteiger partial charge in [-0.3, -0.25) is 14.5 Å². The Morgan fingerprint density at radius 1 is 0.935 bits per heavy atom. The highest BCUT2D eigenvalue weighted by molar-refractivity contribution is 8.18. The van der Waals surface area contributed by atoms with Crippen LogP contribution in [0.5, 0.6) is 5.75 Å². The van der Waals surface area contributed by atoms with Crippen LogP contribution in [-0.4, -0.2) is 21.2 Å². The molecule has 0 atom stereocenters. The first-order chi connectivity index (χ1) is 14.3. The number of carbonyl (C=O) groups excluding carboxylic acids is 2. The van der Waals surface area contributed by atoms with E-state index >= 15 is 0 Å². The quantitative estimate of drug-likeness (QED) is 0.555. The molecule has 5 heteroatoms. The number of thioether (sulfide) groups is 1. The van der Waals surface area contributed by atoms with Crippen LogP contribution in [0.1, 0.15) is 69.4 Å². The fourth-order valence-electron chi connectivity index (χ4n) is 3.55. The monoisotopic (exact) mass is 437 g/mol. The Hall–Kier alpha value is -2.53. The van der Waals surface area contributed by atoms with Gasteiger partial charge in [0, 0.05) is 11.1 Å². The van der Waals surface area contributed by atoms with Crippen LogP contribution in [0.15, 0.2) is 41.3 Å². The summed E-state index contributed by atoms with van der Waals surface area (Å²) in [6.45, 7) is 14.6. The summed E-state index contributed by atoms with van der Waals surface area (Å²) >= 11 is 0.966. The van der Waals surface area contributed by atoms with Gasteiger partial charge in [0.1, 0.15) is 5.75 Å². The van der Waals surface area contributed by atoms with Gasteiger partial charge >= 0.3 is 0 Å². The summed E-state index contributed by atoms with van der Waals surface area (Å²) in [4.78, 5) is 27.2. The molecule has 0 aromatic heterocycles. The Morgan fingerprint density at radius 2 is 1.45 bits per heavy atom. The van der Waals surface area contributed by atoms with Crippen molar-refractivity contribution in [2.45, 2.75) is 65.8 Å². The molecule has 1 fully saturated rings. The van der Waals surface area contributed by atoms with E-state index < -0.39 is 0 Å². The van der Waals surface area contributed by atoms with Crippen molar-refractivity contribution in [3.05, 3.63) is 69.1 Å². The van der Waals surface area contributed by atoms with E-state index in [4.69, 9.17) is 0 Å². The minimum Gasteiger partial charge on any atom is -0.507 e. The summed E-state index contributed by atoms with van der Waals surface area (Å²) in [5, 5.41) is 10.6. The zero-order valence-corrected chi connectivity index (χ0v) is 20.2. The molecule has 1 aliphatic rings. The van der Waals surface area contributed by atoms with E-state index in [-0.39, 0.29) is 28.5 Å². The first-order valence-electron chi connectivity index (χ1n) is 10.5. The summed E-state index contributed by atoms with van der Waals surface area (Å²) in [5.74, 6) is 0.0166. The second kappa shape index (κ2) is 8.19. The lowest BCUT2D eigenvalue weighted by Crippen LogP contribution is -2.27. The molecule has 0 bridgehead atoms. The molecule has 1 saturated heterocycles. The van der Waals surface area contributed by atoms with Gasteiger partial charge in [0.15, 0.2) is 0 Å². The Morgan fingerprint density at radius 3 is 1.94 bits per heavy atom. The first kappa shape index (κ1) is 23.1. The maximum Gasteiger partial charge on any atom is 0.293 e. The number of phenolic OH excluding ortho intramolecular Hbond substituents is 1. The van der Waals surface area contributed by atoms with Gasteiger partial charge in [-0.15, -0.1) is 0 Å². The summed E-state index contributed by atoms with van der Waals surface area (Å²) in [6.07, 6.45) is 1.77. The minimum absolute atomic E-state index is 0.261. The number of aryl methyl sites for hydroxylation is 1. The van der Waals surface area contributed by atoms with Gasteiger partial charge in [-0.2, -0.15) is 0 Å². The van der Waals surface area contributed by atoms with E-state index in [9.17, 15) is 14.7 Å². The standard InChI is InChI=1S/C26H31NO3S/c1-16-8-10-17(11-9-16)15-27-23(29)21(31-24(27)30)14-18-12-19(25(2,3)4)22(28)20(13-18)26(5,6)7/h8-14,28H,15H2,1-7H3/b21-14-. The van der Waals surface area contributed by atoms with Gasteiger partial charge in [-0.25, -0.2) is 0 Å². The van der Waals surface area contributed by atoms with Crippen molar-refractivity contribution in [2.75, 3.05) is 0 Å². The van der Waals surface area contributed by atoms with Crippen molar-refractivity contribution >= 4 is 29.0 Å². The van der Waals surface area contributed by atoms with E-state index in [1.807, 2.05) is 84.9 Å². The summed E-state index contributed by atoms with van der Waals surface area (Å²) in [5.41, 5.74) is 3.99. The van der Waals surface area contributed by atoms with Crippen LogP contribution in [0.25, 0.3) is 6.08 Å². The zero-order chi connectivity index (χ0) is 23.1. The second-order valence-corrected chi connectivity index (χ2v) is 11.2. The molecule has 2 amide bonds. The van der Waals surface area contributed by atoms with Crippen molar-refractivity contribution in [3.63, 3.8) is 0 Å². The summed E-state index contributed by atoms with van der Waals surface area (Å²) < 4.78 is 0. The van der Waals surface area contributed by atoms with E-state index in [2.05, 4.69) is 0 Å². The number of amides is 2. The third kappa shape index (κ3) is 5.04. The molecule has 31 heavy (non-hydrogen) atoms. The second-order valence-electron chi connectivity index (χ2n) is 10.2. The Kier molecular flexibility index (Phi) is 6.12. The molecule has 3 rings (SSSR count). The minimum atomic E-state index is -0.279. The van der Waals surface area contributed by atoms with E-state index in [1.165, 1.54) is 4.90 Å². The average Bonchev–Trinajstić information content (AvgIpc) is 2.90. The van der Waals surface area contributed by atoms with Crippen molar-refractivity contribution < 1.29 is 14.7 Å². The van der Waals surface area contributed by atoms with Crippen LogP contribution in [0.2, 0.25) is 0 Å². The molecule has 0 spiro atoms. The van der Waals surface area contributed by atoms with Crippen LogP contribution in [0.4, 0.5) is 4.79 Å². The number of rotatable bonds is 3. The molecule has 2 aromatic rings.